The van der Waals surface area contributed by atoms with Crippen molar-refractivity contribution in [2.75, 3.05) is 0 Å². The Morgan fingerprint density at radius 3 is 2.48 bits per heavy atom. The average molecular weight is 357 g/mol. The van der Waals surface area contributed by atoms with E-state index < -0.39 is 17.7 Å². The fourth-order valence-corrected chi connectivity index (χ4v) is 3.42. The maximum atomic E-state index is 13.2. The van der Waals surface area contributed by atoms with Crippen molar-refractivity contribution in [2.45, 2.75) is 63.1 Å². The van der Waals surface area contributed by atoms with Gasteiger partial charge in [-0.05, 0) is 37.3 Å². The maximum Gasteiger partial charge on any atom is 0.416 e. The first-order chi connectivity index (χ1) is 11.8. The first kappa shape index (κ1) is 19.3. The number of unbranched alkanes of at least 4 members (excludes halogenated alkanes) is 1. The van der Waals surface area contributed by atoms with Gasteiger partial charge in [0.05, 0.1) is 5.56 Å². The number of carbonyl (C=O) groups is 2. The molecule has 0 heterocycles. The molecule has 0 radical (unpaired) electrons. The third-order valence-corrected chi connectivity index (χ3v) is 4.57. The van der Waals surface area contributed by atoms with Crippen LogP contribution in [0.3, 0.4) is 0 Å². The van der Waals surface area contributed by atoms with Gasteiger partial charge in [-0.2, -0.15) is 13.2 Å². The molecule has 1 aromatic rings. The predicted molar refractivity (Wildman–Crippen MR) is 86.1 cm³/mol. The van der Waals surface area contributed by atoms with Gasteiger partial charge in [0.1, 0.15) is 0 Å². The first-order valence-electron chi connectivity index (χ1n) is 8.46. The van der Waals surface area contributed by atoms with Crippen molar-refractivity contribution < 1.29 is 27.9 Å². The van der Waals surface area contributed by atoms with E-state index in [2.05, 4.69) is 5.32 Å². The smallest absolute Gasteiger partial charge is 0.416 e. The Kier molecular flexibility index (Phi) is 6.45. The van der Waals surface area contributed by atoms with Crippen molar-refractivity contribution in [2.24, 2.45) is 0 Å². The molecule has 2 atom stereocenters. The van der Waals surface area contributed by atoms with Crippen LogP contribution in [0.4, 0.5) is 13.2 Å². The van der Waals surface area contributed by atoms with E-state index in [-0.39, 0.29) is 36.3 Å². The zero-order valence-electron chi connectivity index (χ0n) is 13.8. The SMILES string of the molecule is O=C(O)CCCCC(=O)NC1CCCC1c1ccccc1C(F)(F)F. The quantitative estimate of drug-likeness (QED) is 0.722. The summed E-state index contributed by atoms with van der Waals surface area (Å²) in [6.07, 6.45) is -1.32. The molecule has 1 saturated carbocycles. The van der Waals surface area contributed by atoms with Gasteiger partial charge in [0.25, 0.3) is 0 Å². The summed E-state index contributed by atoms with van der Waals surface area (Å²) in [6, 6.07) is 5.23. The number of carbonyl (C=O) groups excluding carboxylic acids is 1. The summed E-state index contributed by atoms with van der Waals surface area (Å²) in [5, 5.41) is 11.4. The fraction of sp³-hybridized carbons (Fsp3) is 0.556. The van der Waals surface area contributed by atoms with Crippen LogP contribution < -0.4 is 5.32 Å². The molecule has 138 valence electrons. The minimum absolute atomic E-state index is 0.0122. The van der Waals surface area contributed by atoms with E-state index in [0.29, 0.717) is 25.7 Å². The molecule has 1 aliphatic rings. The Morgan fingerprint density at radius 2 is 1.80 bits per heavy atom. The van der Waals surface area contributed by atoms with Crippen LogP contribution in [0.1, 0.15) is 62.0 Å². The molecule has 0 spiro atoms. The van der Waals surface area contributed by atoms with Crippen molar-refractivity contribution in [3.05, 3.63) is 35.4 Å². The number of carboxylic acid groups (broad SMARTS) is 1. The summed E-state index contributed by atoms with van der Waals surface area (Å²) in [5.74, 6) is -1.48. The molecule has 0 aromatic heterocycles. The van der Waals surface area contributed by atoms with Crippen LogP contribution in [0.15, 0.2) is 24.3 Å². The molecule has 2 unspecified atom stereocenters. The summed E-state index contributed by atoms with van der Waals surface area (Å²) >= 11 is 0. The van der Waals surface area contributed by atoms with Gasteiger partial charge in [-0.15, -0.1) is 0 Å². The topological polar surface area (TPSA) is 66.4 Å². The molecular weight excluding hydrogens is 335 g/mol. The molecule has 1 aliphatic carbocycles. The maximum absolute atomic E-state index is 13.2. The van der Waals surface area contributed by atoms with E-state index in [1.165, 1.54) is 12.1 Å². The van der Waals surface area contributed by atoms with Crippen LogP contribution in [-0.4, -0.2) is 23.0 Å². The van der Waals surface area contributed by atoms with Crippen LogP contribution in [-0.2, 0) is 15.8 Å². The number of benzene rings is 1. The van der Waals surface area contributed by atoms with Gasteiger partial charge in [-0.25, -0.2) is 0 Å². The zero-order valence-corrected chi connectivity index (χ0v) is 13.8. The number of amides is 1. The van der Waals surface area contributed by atoms with Gasteiger partial charge in [0.2, 0.25) is 5.91 Å². The van der Waals surface area contributed by atoms with Crippen molar-refractivity contribution in [3.63, 3.8) is 0 Å². The van der Waals surface area contributed by atoms with Crippen LogP contribution in [0.5, 0.6) is 0 Å². The number of aliphatic carboxylic acids is 1. The molecule has 0 aliphatic heterocycles. The first-order valence-corrected chi connectivity index (χ1v) is 8.46. The highest BCUT2D eigenvalue weighted by Gasteiger charge is 2.38. The monoisotopic (exact) mass is 357 g/mol. The molecule has 1 fully saturated rings. The van der Waals surface area contributed by atoms with Crippen molar-refractivity contribution in [1.29, 1.82) is 0 Å². The lowest BCUT2D eigenvalue weighted by Crippen LogP contribution is -2.36. The third-order valence-electron chi connectivity index (χ3n) is 4.57. The number of nitrogens with one attached hydrogen (secondary N) is 1. The number of halogens is 3. The zero-order chi connectivity index (χ0) is 18.4. The minimum atomic E-state index is -4.41. The van der Waals surface area contributed by atoms with Crippen LogP contribution in [0.25, 0.3) is 0 Å². The Bertz CT molecular complexity index is 616. The normalized spacial score (nSPS) is 20.4. The lowest BCUT2D eigenvalue weighted by Gasteiger charge is -2.24. The van der Waals surface area contributed by atoms with E-state index >= 15 is 0 Å². The summed E-state index contributed by atoms with van der Waals surface area (Å²) < 4.78 is 39.7. The fourth-order valence-electron chi connectivity index (χ4n) is 3.42. The molecule has 25 heavy (non-hydrogen) atoms. The van der Waals surface area contributed by atoms with Crippen molar-refractivity contribution in [1.82, 2.24) is 5.32 Å². The van der Waals surface area contributed by atoms with Gasteiger partial charge in [-0.1, -0.05) is 24.6 Å². The highest BCUT2D eigenvalue weighted by molar-refractivity contribution is 5.76. The average Bonchev–Trinajstić information content (AvgIpc) is 2.98. The van der Waals surface area contributed by atoms with Crippen molar-refractivity contribution >= 4 is 11.9 Å². The lowest BCUT2D eigenvalue weighted by molar-refractivity contribution is -0.139. The van der Waals surface area contributed by atoms with Gasteiger partial charge < -0.3 is 10.4 Å². The Morgan fingerprint density at radius 1 is 1.12 bits per heavy atom. The number of alkyl halides is 3. The summed E-state index contributed by atoms with van der Waals surface area (Å²) in [7, 11) is 0. The van der Waals surface area contributed by atoms with E-state index in [9.17, 15) is 22.8 Å². The minimum Gasteiger partial charge on any atom is -0.481 e. The summed E-state index contributed by atoms with van der Waals surface area (Å²) in [6.45, 7) is 0. The second-order valence-electron chi connectivity index (χ2n) is 6.40. The number of hydrogen-bond acceptors (Lipinski definition) is 2. The highest BCUT2D eigenvalue weighted by atomic mass is 19.4. The number of hydrogen-bond donors (Lipinski definition) is 2. The number of rotatable bonds is 7. The molecular formula is C18H22F3NO3. The van der Waals surface area contributed by atoms with E-state index in [1.54, 1.807) is 6.07 Å². The molecule has 4 nitrogen and oxygen atoms in total. The second kappa shape index (κ2) is 8.36. The second-order valence-corrected chi connectivity index (χ2v) is 6.40. The predicted octanol–water partition coefficient (Wildman–Crippen LogP) is 4.10. The summed E-state index contributed by atoms with van der Waals surface area (Å²) in [4.78, 5) is 22.5. The van der Waals surface area contributed by atoms with Gasteiger partial charge >= 0.3 is 12.1 Å². The molecule has 7 heteroatoms. The summed E-state index contributed by atoms with van der Waals surface area (Å²) in [5.41, 5.74) is -0.397. The molecule has 1 aromatic carbocycles. The molecule has 2 rings (SSSR count). The number of carboxylic acids is 1. The van der Waals surface area contributed by atoms with Crippen LogP contribution >= 0.6 is 0 Å². The van der Waals surface area contributed by atoms with Gasteiger partial charge in [0.15, 0.2) is 0 Å². The molecule has 1 amide bonds. The van der Waals surface area contributed by atoms with Crippen LogP contribution in [0.2, 0.25) is 0 Å². The Labute approximate surface area is 144 Å². The van der Waals surface area contributed by atoms with Crippen molar-refractivity contribution in [3.8, 4) is 0 Å². The standard InChI is InChI=1S/C18H22F3NO3/c19-18(20,21)14-8-2-1-6-12(14)13-7-5-9-15(13)22-16(23)10-3-4-11-17(24)25/h1-2,6,8,13,15H,3-5,7,9-11H2,(H,22,23)(H,24,25). The lowest BCUT2D eigenvalue weighted by atomic mass is 9.89. The van der Waals surface area contributed by atoms with Gasteiger partial charge in [-0.3, -0.25) is 9.59 Å². The Hall–Kier alpha value is -2.05. The largest absolute Gasteiger partial charge is 0.481 e. The van der Waals surface area contributed by atoms with E-state index in [4.69, 9.17) is 5.11 Å². The molecule has 0 bridgehead atoms. The Balaban J connectivity index is 1.99. The van der Waals surface area contributed by atoms with E-state index in [1.807, 2.05) is 0 Å². The van der Waals surface area contributed by atoms with E-state index in [0.717, 1.165) is 12.5 Å². The van der Waals surface area contributed by atoms with Crippen LogP contribution in [0, 0.1) is 0 Å². The third kappa shape index (κ3) is 5.47. The molecule has 2 N–H and O–H groups in total. The molecule has 0 saturated heterocycles. The highest BCUT2D eigenvalue weighted by Crippen LogP contribution is 2.41. The van der Waals surface area contributed by atoms with Gasteiger partial charge in [0, 0.05) is 24.8 Å².